The zero-order valence-corrected chi connectivity index (χ0v) is 11.8. The molecule has 1 fully saturated rings. The first-order chi connectivity index (χ1) is 8.99. The molecule has 1 aromatic rings. The van der Waals surface area contributed by atoms with Crippen molar-refractivity contribution in [2.75, 3.05) is 19.8 Å². The second-order valence-electron chi connectivity index (χ2n) is 5.26. The molecule has 1 atom stereocenters. The highest BCUT2D eigenvalue weighted by Gasteiger charge is 2.29. The maximum Gasteiger partial charge on any atom is 0.323 e. The average Bonchev–Trinajstić information content (AvgIpc) is 2.36. The Bertz CT molecular complexity index is 485. The number of nitrogens with zero attached hydrogens (tertiary/aromatic N) is 1. The van der Waals surface area contributed by atoms with Crippen LogP contribution in [0.2, 0.25) is 0 Å². The van der Waals surface area contributed by atoms with Crippen molar-refractivity contribution in [1.29, 1.82) is 0 Å². The van der Waals surface area contributed by atoms with Gasteiger partial charge in [0.1, 0.15) is 6.04 Å². The molecule has 1 saturated heterocycles. The lowest BCUT2D eigenvalue weighted by Gasteiger charge is -2.33. The fourth-order valence-electron chi connectivity index (χ4n) is 2.46. The summed E-state index contributed by atoms with van der Waals surface area (Å²) in [6.45, 7) is 8.49. The van der Waals surface area contributed by atoms with Gasteiger partial charge in [-0.3, -0.25) is 9.69 Å². The molecule has 0 spiro atoms. The summed E-state index contributed by atoms with van der Waals surface area (Å²) < 4.78 is 5.26. The summed E-state index contributed by atoms with van der Waals surface area (Å²) in [4.78, 5) is 13.2. The fourth-order valence-corrected chi connectivity index (χ4v) is 2.46. The summed E-state index contributed by atoms with van der Waals surface area (Å²) >= 11 is 0. The van der Waals surface area contributed by atoms with E-state index in [0.717, 1.165) is 0 Å². The molecule has 1 heterocycles. The maximum atomic E-state index is 11.2. The van der Waals surface area contributed by atoms with Gasteiger partial charge in [-0.25, -0.2) is 0 Å². The van der Waals surface area contributed by atoms with Crippen molar-refractivity contribution in [2.45, 2.75) is 33.4 Å². The molecule has 0 amide bonds. The van der Waals surface area contributed by atoms with E-state index < -0.39 is 12.0 Å². The van der Waals surface area contributed by atoms with Crippen LogP contribution in [0.1, 0.15) is 22.3 Å². The van der Waals surface area contributed by atoms with Crippen molar-refractivity contribution in [3.05, 3.63) is 34.4 Å². The number of ether oxygens (including phenoxy) is 1. The number of rotatable bonds is 3. The number of carbonyl (C=O) groups is 1. The van der Waals surface area contributed by atoms with E-state index in [0.29, 0.717) is 19.7 Å². The molecule has 0 aromatic heterocycles. The summed E-state index contributed by atoms with van der Waals surface area (Å²) in [7, 11) is 0. The Balaban J connectivity index is 2.19. The molecule has 2 rings (SSSR count). The second-order valence-corrected chi connectivity index (χ2v) is 5.26. The van der Waals surface area contributed by atoms with Crippen LogP contribution < -0.4 is 0 Å². The number of hydrogen-bond acceptors (Lipinski definition) is 3. The molecular formula is C15H21NO3. The minimum atomic E-state index is -0.804. The van der Waals surface area contributed by atoms with E-state index in [4.69, 9.17) is 4.74 Å². The Hall–Kier alpha value is -1.39. The highest BCUT2D eigenvalue weighted by Crippen LogP contribution is 2.19. The van der Waals surface area contributed by atoms with E-state index in [1.54, 1.807) is 0 Å². The topological polar surface area (TPSA) is 49.8 Å². The third kappa shape index (κ3) is 3.14. The molecule has 0 radical (unpaired) electrons. The summed E-state index contributed by atoms with van der Waals surface area (Å²) in [6.07, 6.45) is 0. The standard InChI is InChI=1S/C15H21NO3/c1-10-6-12(3)13(7-11(10)2)8-16-4-5-19-9-14(16)15(17)18/h6-7,14H,4-5,8-9H2,1-3H3,(H,17,18). The summed E-state index contributed by atoms with van der Waals surface area (Å²) in [5, 5.41) is 9.23. The minimum absolute atomic E-state index is 0.277. The van der Waals surface area contributed by atoms with E-state index >= 15 is 0 Å². The molecule has 1 aliphatic heterocycles. The number of aryl methyl sites for hydroxylation is 3. The molecule has 0 aliphatic carbocycles. The van der Waals surface area contributed by atoms with Gasteiger partial charge in [-0.15, -0.1) is 0 Å². The quantitative estimate of drug-likeness (QED) is 0.905. The van der Waals surface area contributed by atoms with Gasteiger partial charge in [-0.1, -0.05) is 12.1 Å². The molecule has 1 unspecified atom stereocenters. The van der Waals surface area contributed by atoms with Crippen LogP contribution in [-0.2, 0) is 16.1 Å². The van der Waals surface area contributed by atoms with Crippen molar-refractivity contribution in [3.8, 4) is 0 Å². The maximum absolute atomic E-state index is 11.2. The molecule has 104 valence electrons. The number of carboxylic acids is 1. The van der Waals surface area contributed by atoms with Gasteiger partial charge in [0.15, 0.2) is 0 Å². The number of carboxylic acid groups (broad SMARTS) is 1. The van der Waals surface area contributed by atoms with Crippen LogP contribution >= 0.6 is 0 Å². The van der Waals surface area contributed by atoms with Crippen molar-refractivity contribution in [3.63, 3.8) is 0 Å². The van der Waals surface area contributed by atoms with E-state index in [9.17, 15) is 9.90 Å². The van der Waals surface area contributed by atoms with Crippen LogP contribution in [0, 0.1) is 20.8 Å². The van der Waals surface area contributed by atoms with Crippen molar-refractivity contribution in [2.24, 2.45) is 0 Å². The Morgan fingerprint density at radius 3 is 2.68 bits per heavy atom. The highest BCUT2D eigenvalue weighted by molar-refractivity contribution is 5.73. The van der Waals surface area contributed by atoms with E-state index in [2.05, 4.69) is 32.9 Å². The first-order valence-electron chi connectivity index (χ1n) is 6.60. The number of morpholine rings is 1. The summed E-state index contributed by atoms with van der Waals surface area (Å²) in [5.74, 6) is -0.804. The zero-order chi connectivity index (χ0) is 14.0. The monoisotopic (exact) mass is 263 g/mol. The minimum Gasteiger partial charge on any atom is -0.480 e. The third-order valence-corrected chi connectivity index (χ3v) is 3.85. The lowest BCUT2D eigenvalue weighted by molar-refractivity contribution is -0.150. The van der Waals surface area contributed by atoms with Crippen LogP contribution in [0.4, 0.5) is 0 Å². The predicted molar refractivity (Wildman–Crippen MR) is 73.3 cm³/mol. The molecule has 1 aliphatic rings. The number of hydrogen-bond donors (Lipinski definition) is 1. The van der Waals surface area contributed by atoms with Crippen LogP contribution in [0.5, 0.6) is 0 Å². The average molecular weight is 263 g/mol. The van der Waals surface area contributed by atoms with Gasteiger partial charge in [0.05, 0.1) is 13.2 Å². The molecule has 1 aromatic carbocycles. The van der Waals surface area contributed by atoms with E-state index in [-0.39, 0.29) is 6.61 Å². The molecule has 19 heavy (non-hydrogen) atoms. The van der Waals surface area contributed by atoms with Gasteiger partial charge in [-0.2, -0.15) is 0 Å². The first kappa shape index (κ1) is 14.0. The lowest BCUT2D eigenvalue weighted by atomic mass is 10.00. The highest BCUT2D eigenvalue weighted by atomic mass is 16.5. The van der Waals surface area contributed by atoms with Crippen LogP contribution in [0.3, 0.4) is 0 Å². The van der Waals surface area contributed by atoms with Gasteiger partial charge < -0.3 is 9.84 Å². The molecule has 1 N–H and O–H groups in total. The van der Waals surface area contributed by atoms with Crippen LogP contribution in [-0.4, -0.2) is 41.8 Å². The smallest absolute Gasteiger partial charge is 0.323 e. The SMILES string of the molecule is Cc1cc(C)c(CN2CCOCC2C(=O)O)cc1C. The van der Waals surface area contributed by atoms with Crippen LogP contribution in [0.25, 0.3) is 0 Å². The number of aliphatic carboxylic acids is 1. The number of benzene rings is 1. The second kappa shape index (κ2) is 5.72. The molecular weight excluding hydrogens is 242 g/mol. The predicted octanol–water partition coefficient (Wildman–Crippen LogP) is 1.90. The van der Waals surface area contributed by atoms with Gasteiger partial charge in [0, 0.05) is 13.1 Å². The Labute approximate surface area is 114 Å². The zero-order valence-electron chi connectivity index (χ0n) is 11.8. The van der Waals surface area contributed by atoms with Crippen molar-refractivity contribution < 1.29 is 14.6 Å². The van der Waals surface area contributed by atoms with Crippen molar-refractivity contribution >= 4 is 5.97 Å². The fraction of sp³-hybridized carbons (Fsp3) is 0.533. The molecule has 0 bridgehead atoms. The van der Waals surface area contributed by atoms with Gasteiger partial charge in [0.2, 0.25) is 0 Å². The summed E-state index contributed by atoms with van der Waals surface area (Å²) in [6, 6.07) is 3.80. The Kier molecular flexibility index (Phi) is 4.22. The Morgan fingerprint density at radius 2 is 2.00 bits per heavy atom. The van der Waals surface area contributed by atoms with Crippen LogP contribution in [0.15, 0.2) is 12.1 Å². The van der Waals surface area contributed by atoms with E-state index in [1.807, 2.05) is 4.90 Å². The van der Waals surface area contributed by atoms with E-state index in [1.165, 1.54) is 22.3 Å². The van der Waals surface area contributed by atoms with Crippen molar-refractivity contribution in [1.82, 2.24) is 4.90 Å². The largest absolute Gasteiger partial charge is 0.480 e. The van der Waals surface area contributed by atoms with Gasteiger partial charge >= 0.3 is 5.97 Å². The lowest BCUT2D eigenvalue weighted by Crippen LogP contribution is -2.49. The Morgan fingerprint density at radius 1 is 1.32 bits per heavy atom. The van der Waals surface area contributed by atoms with Gasteiger partial charge in [0.25, 0.3) is 0 Å². The normalized spacial score (nSPS) is 20.5. The molecule has 0 saturated carbocycles. The molecule has 4 heteroatoms. The summed E-state index contributed by atoms with van der Waals surface area (Å²) in [5.41, 5.74) is 4.95. The molecule has 4 nitrogen and oxygen atoms in total. The third-order valence-electron chi connectivity index (χ3n) is 3.85. The van der Waals surface area contributed by atoms with Gasteiger partial charge in [-0.05, 0) is 43.0 Å². The first-order valence-corrected chi connectivity index (χ1v) is 6.60.